The molecule has 1 unspecified atom stereocenters. The SMILES string of the molecule is FC(F)(F)c1cc(C2CCCOC2)nc2c1ccc1nc(-c3nnco3)cn12. The predicted molar refractivity (Wildman–Crippen MR) is 91.6 cm³/mol. The zero-order chi connectivity index (χ0) is 19.3. The summed E-state index contributed by atoms with van der Waals surface area (Å²) in [5.41, 5.74) is 0.657. The van der Waals surface area contributed by atoms with Gasteiger partial charge in [-0.3, -0.25) is 4.40 Å². The maximum Gasteiger partial charge on any atom is 0.417 e. The second kappa shape index (κ2) is 6.26. The number of alkyl halides is 3. The Hall–Kier alpha value is -3.01. The van der Waals surface area contributed by atoms with Crippen LogP contribution in [-0.2, 0) is 10.9 Å². The summed E-state index contributed by atoms with van der Waals surface area (Å²) in [5, 5.41) is 7.42. The normalized spacial score (nSPS) is 18.2. The minimum atomic E-state index is -4.50. The molecule has 28 heavy (non-hydrogen) atoms. The molecule has 1 fully saturated rings. The number of aromatic nitrogens is 5. The van der Waals surface area contributed by atoms with Crippen LogP contribution >= 0.6 is 0 Å². The van der Waals surface area contributed by atoms with Gasteiger partial charge in [-0.15, -0.1) is 10.2 Å². The highest BCUT2D eigenvalue weighted by molar-refractivity contribution is 5.83. The minimum absolute atomic E-state index is 0.00922. The minimum Gasteiger partial charge on any atom is -0.422 e. The van der Waals surface area contributed by atoms with Crippen molar-refractivity contribution in [2.24, 2.45) is 0 Å². The highest BCUT2D eigenvalue weighted by Gasteiger charge is 2.35. The largest absolute Gasteiger partial charge is 0.422 e. The van der Waals surface area contributed by atoms with E-state index in [4.69, 9.17) is 9.15 Å². The second-order valence-corrected chi connectivity index (χ2v) is 6.68. The van der Waals surface area contributed by atoms with Gasteiger partial charge < -0.3 is 9.15 Å². The monoisotopic (exact) mass is 389 g/mol. The third kappa shape index (κ3) is 2.80. The zero-order valence-electron chi connectivity index (χ0n) is 14.5. The van der Waals surface area contributed by atoms with Crippen molar-refractivity contribution in [1.29, 1.82) is 0 Å². The van der Waals surface area contributed by atoms with Crippen LogP contribution in [0.5, 0.6) is 0 Å². The van der Waals surface area contributed by atoms with Gasteiger partial charge in [0.25, 0.3) is 5.89 Å². The van der Waals surface area contributed by atoms with E-state index in [1.807, 2.05) is 0 Å². The lowest BCUT2D eigenvalue weighted by atomic mass is 9.96. The number of nitrogens with zero attached hydrogens (tertiary/aromatic N) is 5. The van der Waals surface area contributed by atoms with Crippen molar-refractivity contribution in [3.05, 3.63) is 42.0 Å². The van der Waals surface area contributed by atoms with Crippen LogP contribution in [0, 0.1) is 0 Å². The first-order valence-electron chi connectivity index (χ1n) is 8.75. The maximum atomic E-state index is 13.8. The van der Waals surface area contributed by atoms with Gasteiger partial charge in [-0.25, -0.2) is 9.97 Å². The summed E-state index contributed by atoms with van der Waals surface area (Å²) in [4.78, 5) is 8.93. The van der Waals surface area contributed by atoms with Crippen molar-refractivity contribution >= 4 is 16.7 Å². The fraction of sp³-hybridized carbons (Fsp3) is 0.333. The molecule has 0 amide bonds. The molecule has 4 aromatic rings. The van der Waals surface area contributed by atoms with E-state index in [-0.39, 0.29) is 22.8 Å². The lowest BCUT2D eigenvalue weighted by Gasteiger charge is -2.23. The van der Waals surface area contributed by atoms with Gasteiger partial charge in [0.15, 0.2) is 0 Å². The summed E-state index contributed by atoms with van der Waals surface area (Å²) in [6.07, 6.45) is -0.252. The lowest BCUT2D eigenvalue weighted by Crippen LogP contribution is -2.18. The summed E-state index contributed by atoms with van der Waals surface area (Å²) >= 11 is 0. The van der Waals surface area contributed by atoms with E-state index in [1.54, 1.807) is 6.20 Å². The molecule has 0 bridgehead atoms. The Labute approximate surface area is 156 Å². The van der Waals surface area contributed by atoms with Crippen molar-refractivity contribution in [3.63, 3.8) is 0 Å². The number of ether oxygens (including phenoxy) is 1. The molecule has 0 aliphatic carbocycles. The van der Waals surface area contributed by atoms with Crippen molar-refractivity contribution in [2.45, 2.75) is 24.9 Å². The number of imidazole rings is 1. The molecule has 144 valence electrons. The van der Waals surface area contributed by atoms with Gasteiger partial charge in [0.05, 0.1) is 12.2 Å². The van der Waals surface area contributed by atoms with E-state index in [1.165, 1.54) is 22.9 Å². The third-order valence-electron chi connectivity index (χ3n) is 4.88. The third-order valence-corrected chi connectivity index (χ3v) is 4.88. The van der Waals surface area contributed by atoms with Gasteiger partial charge >= 0.3 is 6.18 Å². The van der Waals surface area contributed by atoms with Crippen LogP contribution in [0.3, 0.4) is 0 Å². The molecule has 1 aliphatic rings. The van der Waals surface area contributed by atoms with Crippen LogP contribution < -0.4 is 0 Å². The standard InChI is InChI=1S/C18H14F3N5O2/c19-18(20,21)12-6-13(10-2-1-5-27-8-10)24-16-11(12)3-4-15-23-14(7-26(15)16)17-25-22-9-28-17/h3-4,6-7,9-10H,1-2,5,8H2. The number of fused-ring (bicyclic) bond motifs is 3. The van der Waals surface area contributed by atoms with E-state index in [2.05, 4.69) is 20.2 Å². The highest BCUT2D eigenvalue weighted by atomic mass is 19.4. The zero-order valence-corrected chi connectivity index (χ0v) is 14.5. The highest BCUT2D eigenvalue weighted by Crippen LogP contribution is 2.37. The van der Waals surface area contributed by atoms with Crippen molar-refractivity contribution < 1.29 is 22.3 Å². The molecule has 1 aliphatic heterocycles. The average Bonchev–Trinajstić information content (AvgIpc) is 3.36. The van der Waals surface area contributed by atoms with Crippen LogP contribution in [0.25, 0.3) is 28.3 Å². The molecule has 5 heterocycles. The first-order chi connectivity index (χ1) is 13.5. The Morgan fingerprint density at radius 3 is 2.79 bits per heavy atom. The molecule has 1 saturated heterocycles. The summed E-state index contributed by atoms with van der Waals surface area (Å²) in [7, 11) is 0. The van der Waals surface area contributed by atoms with Gasteiger partial charge in [0.1, 0.15) is 17.0 Å². The number of hydrogen-bond acceptors (Lipinski definition) is 6. The van der Waals surface area contributed by atoms with E-state index < -0.39 is 11.7 Å². The fourth-order valence-electron chi connectivity index (χ4n) is 3.55. The molecule has 10 heteroatoms. The smallest absolute Gasteiger partial charge is 0.417 e. The van der Waals surface area contributed by atoms with Gasteiger partial charge in [-0.05, 0) is 31.0 Å². The summed E-state index contributed by atoms with van der Waals surface area (Å²) in [6.45, 7) is 0.985. The van der Waals surface area contributed by atoms with Gasteiger partial charge in [0.2, 0.25) is 6.39 Å². The van der Waals surface area contributed by atoms with Gasteiger partial charge in [0, 0.05) is 29.8 Å². The molecule has 0 saturated carbocycles. The van der Waals surface area contributed by atoms with Crippen molar-refractivity contribution in [3.8, 4) is 11.6 Å². The molecular formula is C18H14F3N5O2. The van der Waals surface area contributed by atoms with Crippen LogP contribution in [0.4, 0.5) is 13.2 Å². The first-order valence-corrected chi connectivity index (χ1v) is 8.75. The van der Waals surface area contributed by atoms with E-state index in [9.17, 15) is 13.2 Å². The van der Waals surface area contributed by atoms with Gasteiger partial charge in [-0.2, -0.15) is 13.2 Å². The number of hydrogen-bond donors (Lipinski definition) is 0. The summed E-state index contributed by atoms with van der Waals surface area (Å²) < 4.78 is 53.4. The van der Waals surface area contributed by atoms with Crippen molar-refractivity contribution in [1.82, 2.24) is 24.6 Å². The molecule has 0 N–H and O–H groups in total. The molecule has 0 radical (unpaired) electrons. The van der Waals surface area contributed by atoms with E-state index >= 15 is 0 Å². The molecular weight excluding hydrogens is 375 g/mol. The van der Waals surface area contributed by atoms with E-state index in [0.717, 1.165) is 18.9 Å². The molecule has 5 rings (SSSR count). The molecule has 1 atom stereocenters. The Morgan fingerprint density at radius 1 is 1.18 bits per heavy atom. The number of rotatable bonds is 2. The summed E-state index contributed by atoms with van der Waals surface area (Å²) in [5.74, 6) is 0.0122. The topological polar surface area (TPSA) is 78.3 Å². The van der Waals surface area contributed by atoms with Crippen LogP contribution in [0.1, 0.15) is 30.0 Å². The number of pyridine rings is 2. The second-order valence-electron chi connectivity index (χ2n) is 6.68. The van der Waals surface area contributed by atoms with E-state index in [0.29, 0.717) is 30.2 Å². The Kier molecular flexibility index (Phi) is 3.83. The predicted octanol–water partition coefficient (Wildman–Crippen LogP) is 3.85. The molecule has 7 nitrogen and oxygen atoms in total. The maximum absolute atomic E-state index is 13.8. The van der Waals surface area contributed by atoms with Crippen LogP contribution in [0.15, 0.2) is 35.2 Å². The lowest BCUT2D eigenvalue weighted by molar-refractivity contribution is -0.136. The van der Waals surface area contributed by atoms with Crippen LogP contribution in [-0.4, -0.2) is 37.8 Å². The molecule has 4 aromatic heterocycles. The Bertz CT molecular complexity index is 1150. The Balaban J connectivity index is 1.77. The summed E-state index contributed by atoms with van der Waals surface area (Å²) in [6, 6.07) is 4.05. The average molecular weight is 389 g/mol. The van der Waals surface area contributed by atoms with Crippen LogP contribution in [0.2, 0.25) is 0 Å². The van der Waals surface area contributed by atoms with Gasteiger partial charge in [-0.1, -0.05) is 0 Å². The Morgan fingerprint density at radius 2 is 2.07 bits per heavy atom. The van der Waals surface area contributed by atoms with Crippen molar-refractivity contribution in [2.75, 3.05) is 13.2 Å². The molecule has 0 spiro atoms. The first kappa shape index (κ1) is 17.1. The quantitative estimate of drug-likeness (QED) is 0.518. The number of halogens is 3. The molecule has 0 aromatic carbocycles. The fourth-order valence-corrected chi connectivity index (χ4v) is 3.55.